The highest BCUT2D eigenvalue weighted by Crippen LogP contribution is 2.56. The smallest absolute Gasteiger partial charge is 0.312 e. The van der Waals surface area contributed by atoms with Crippen LogP contribution >= 0.6 is 0 Å². The number of carbonyl (C=O) groups excluding carboxylic acids is 3. The molecule has 4 aromatic rings. The number of benzene rings is 3. The highest BCUT2D eigenvalue weighted by molar-refractivity contribution is 6.24. The van der Waals surface area contributed by atoms with Crippen LogP contribution in [-0.4, -0.2) is 141 Å². The number of aryl methyl sites for hydroxylation is 1. The lowest BCUT2D eigenvalue weighted by Crippen LogP contribution is -2.49. The first kappa shape index (κ1) is 60.9. The van der Waals surface area contributed by atoms with E-state index in [2.05, 4.69) is 20.1 Å². The molecule has 5 aliphatic heterocycles. The molecule has 21 heteroatoms. The molecular formula is C64H81FN6O14. The van der Waals surface area contributed by atoms with E-state index in [1.54, 1.807) is 53.9 Å². The van der Waals surface area contributed by atoms with Crippen LogP contribution in [0.2, 0.25) is 0 Å². The summed E-state index contributed by atoms with van der Waals surface area (Å²) in [6.45, 7) is 16.5. The quantitative estimate of drug-likeness (QED) is 0.0341. The number of nitrogens with zero attached hydrogens (tertiary/aromatic N) is 4. The number of phenolic OH excluding ortho intramolecular Hbond substituents is 3. The molecule has 0 radical (unpaired) electrons. The Balaban J connectivity index is 0.927. The molecule has 1 amide bonds. The molecule has 0 spiro atoms. The first-order valence-electron chi connectivity index (χ1n) is 29.7. The minimum Gasteiger partial charge on any atom is -0.507 e. The summed E-state index contributed by atoms with van der Waals surface area (Å²) in [5.41, 5.74) is 0.761. The average molecular weight is 1180 g/mol. The predicted octanol–water partition coefficient (Wildman–Crippen LogP) is 8.31. The van der Waals surface area contributed by atoms with Crippen molar-refractivity contribution < 1.29 is 68.0 Å². The van der Waals surface area contributed by atoms with Crippen molar-refractivity contribution in [2.75, 3.05) is 50.6 Å². The lowest BCUT2D eigenvalue weighted by atomic mass is 9.78. The first-order valence-corrected chi connectivity index (χ1v) is 29.7. The molecule has 2 saturated carbocycles. The Labute approximate surface area is 493 Å². The van der Waals surface area contributed by atoms with Crippen LogP contribution in [0.3, 0.4) is 0 Å². The van der Waals surface area contributed by atoms with E-state index in [9.17, 15) is 44.7 Å². The van der Waals surface area contributed by atoms with Crippen LogP contribution in [0.1, 0.15) is 127 Å². The van der Waals surface area contributed by atoms with Crippen molar-refractivity contribution in [3.8, 4) is 28.7 Å². The van der Waals surface area contributed by atoms with Crippen molar-refractivity contribution in [2.24, 2.45) is 34.7 Å². The molecule has 1 unspecified atom stereocenters. The Morgan fingerprint density at radius 2 is 1.61 bits per heavy atom. The van der Waals surface area contributed by atoms with Crippen molar-refractivity contribution >= 4 is 56.9 Å². The monoisotopic (exact) mass is 1180 g/mol. The number of rotatable bonds is 10. The van der Waals surface area contributed by atoms with Gasteiger partial charge in [0.25, 0.3) is 11.7 Å². The van der Waals surface area contributed by atoms with Gasteiger partial charge in [0.15, 0.2) is 22.7 Å². The maximum absolute atomic E-state index is 16.3. The van der Waals surface area contributed by atoms with E-state index in [1.165, 1.54) is 65.5 Å². The molecular weight excluding hydrogens is 1100 g/mol. The maximum atomic E-state index is 16.3. The number of halogens is 1. The molecule has 85 heavy (non-hydrogen) atoms. The minimum absolute atomic E-state index is 0.0306. The normalized spacial score (nSPS) is 29.9. The number of methoxy groups -OCH3 is 2. The number of aromatic nitrogens is 1. The number of phenols is 3. The number of allylic oxidation sites excluding steroid dienone is 2. The summed E-state index contributed by atoms with van der Waals surface area (Å²) in [7, 11) is 2.98. The molecule has 2 saturated heterocycles. The molecule has 3 aromatic carbocycles. The SMILES string of the molecule is COc1c(N2CCC(C3(NC4CCN(/N=C\c5c6c(O)c7c(O)c(C)c8c(c7c5O)C(=O)[C@@](C)(O/C=C/[C@H](OC)[C@@H](C)[C@@H](OC(C)=O)[C@H](C)[C@H](O)[C@H](C)[C@@H](O)[C@@H](C)/C=C/C=C(/C)C(=O)N6)O8)CC4)CC3)C2)c(F)cc2c(=O)c(C)cn(C3CC3)c12. The Hall–Kier alpha value is -7.20. The summed E-state index contributed by atoms with van der Waals surface area (Å²) in [5.74, 6) is -8.58. The van der Waals surface area contributed by atoms with Crippen LogP contribution in [0.15, 0.2) is 58.3 Å². The Bertz CT molecular complexity index is 3510. The van der Waals surface area contributed by atoms with Gasteiger partial charge in [0.2, 0.25) is 0 Å². The summed E-state index contributed by atoms with van der Waals surface area (Å²) >= 11 is 0. The Morgan fingerprint density at radius 3 is 2.26 bits per heavy atom. The average Bonchev–Trinajstić information content (AvgIpc) is 1.74. The molecule has 458 valence electrons. The number of aliphatic hydroxyl groups excluding tert-OH is 2. The molecule has 10 atom stereocenters. The van der Waals surface area contributed by atoms with Crippen LogP contribution in [0.4, 0.5) is 15.8 Å². The lowest BCUT2D eigenvalue weighted by molar-refractivity contribution is -0.160. The van der Waals surface area contributed by atoms with E-state index in [4.69, 9.17) is 28.8 Å². The minimum atomic E-state index is -2.10. The fourth-order valence-corrected chi connectivity index (χ4v) is 13.5. The van der Waals surface area contributed by atoms with Gasteiger partial charge in [0.1, 0.15) is 29.0 Å². The third-order valence-corrected chi connectivity index (χ3v) is 18.9. The number of hydrogen-bond acceptors (Lipinski definition) is 18. The number of anilines is 2. The molecule has 6 heterocycles. The highest BCUT2D eigenvalue weighted by Gasteiger charge is 2.53. The number of ketones is 1. The number of hydrogen-bond donors (Lipinski definition) is 7. The van der Waals surface area contributed by atoms with Crippen molar-refractivity contribution in [2.45, 2.75) is 155 Å². The van der Waals surface area contributed by atoms with E-state index in [0.717, 1.165) is 32.1 Å². The number of aromatic hydroxyl groups is 3. The van der Waals surface area contributed by atoms with Gasteiger partial charge in [-0.25, -0.2) is 4.39 Å². The zero-order valence-electron chi connectivity index (χ0n) is 50.3. The molecule has 11 rings (SSSR count). The lowest BCUT2D eigenvalue weighted by Gasteiger charge is -2.38. The molecule has 7 N–H and O–H groups in total. The summed E-state index contributed by atoms with van der Waals surface area (Å²) < 4.78 is 48.3. The van der Waals surface area contributed by atoms with Gasteiger partial charge in [0, 0.05) is 117 Å². The van der Waals surface area contributed by atoms with Crippen molar-refractivity contribution in [1.82, 2.24) is 14.9 Å². The zero-order valence-corrected chi connectivity index (χ0v) is 50.3. The third kappa shape index (κ3) is 11.2. The number of amides is 1. The number of hydrazone groups is 1. The second-order valence-corrected chi connectivity index (χ2v) is 24.7. The largest absolute Gasteiger partial charge is 0.507 e. The number of esters is 1. The number of nitrogens with one attached hydrogen (secondary N) is 2. The number of piperidine rings is 1. The standard InChI is InChI=1S/C64H81FN6O14/c1-31-13-12-14-32(2)62(80)67-49-43(28-66-70-24-18-40(19-25-70)68-64(21-22-64)39-17-23-69(30-39)51-44(65)27-42-50(60(51)82-11)71(41-15-16-41)29-33(3)53(42)74)56(77)46-47(57(49)78)55(76)37(7)59-48(46)61(79)63(9,85-59)83-26-20-45(81-10)34(4)58(84-38(8)72)36(6)54(75)35(5)52(31)73/h12-14,20,26-29,31,34-36,39-41,45,52,54,58,68,73,75-78H,15-19,21-25,30H2,1-11H3,(H,67,80)/b13-12+,26-20+,32-14-,66-28-/t31-,34+,35+,36+,39?,45-,52-,54+,58+,63-/m0/s1. The summed E-state index contributed by atoms with van der Waals surface area (Å²) in [5, 5.41) is 72.9. The van der Waals surface area contributed by atoms with Crippen LogP contribution in [-0.2, 0) is 23.8 Å². The van der Waals surface area contributed by atoms with E-state index in [0.29, 0.717) is 66.9 Å². The number of aliphatic hydroxyl groups is 2. The zero-order chi connectivity index (χ0) is 61.3. The van der Waals surface area contributed by atoms with Crippen LogP contribution < -0.4 is 30.4 Å². The molecule has 7 aliphatic rings. The summed E-state index contributed by atoms with van der Waals surface area (Å²) in [6.07, 6.45) is 12.8. The van der Waals surface area contributed by atoms with Crippen LogP contribution in [0.5, 0.6) is 28.7 Å². The van der Waals surface area contributed by atoms with Gasteiger partial charge in [-0.2, -0.15) is 5.10 Å². The van der Waals surface area contributed by atoms with E-state index in [1.807, 2.05) is 11.2 Å². The van der Waals surface area contributed by atoms with Crippen molar-refractivity contribution in [3.05, 3.63) is 86.7 Å². The number of pyridine rings is 1. The topological polar surface area (TPSA) is 263 Å². The first-order chi connectivity index (χ1) is 40.3. The Kier molecular flexibility index (Phi) is 16.9. The van der Waals surface area contributed by atoms with Gasteiger partial charge in [0.05, 0.1) is 71.0 Å². The maximum Gasteiger partial charge on any atom is 0.312 e. The molecule has 1 aromatic heterocycles. The number of Topliss-reactive ketones (excluding diaryl/α,β-unsaturated/α-hetero) is 1. The highest BCUT2D eigenvalue weighted by atomic mass is 19.1. The number of ether oxygens (including phenoxy) is 5. The van der Waals surface area contributed by atoms with Gasteiger partial charge in [-0.1, -0.05) is 45.9 Å². The fraction of sp³-hybridized carbons (Fsp3) is 0.547. The van der Waals surface area contributed by atoms with Gasteiger partial charge >= 0.3 is 11.8 Å². The molecule has 4 fully saturated rings. The summed E-state index contributed by atoms with van der Waals surface area (Å²) in [6, 6.07) is 1.75. The second kappa shape index (κ2) is 23.6. The van der Waals surface area contributed by atoms with E-state index >= 15 is 4.39 Å². The fourth-order valence-electron chi connectivity index (χ4n) is 13.5. The van der Waals surface area contributed by atoms with E-state index in [-0.39, 0.29) is 73.4 Å². The van der Waals surface area contributed by atoms with Gasteiger partial charge in [-0.05, 0) is 83.8 Å². The second-order valence-electron chi connectivity index (χ2n) is 24.7. The predicted molar refractivity (Wildman–Crippen MR) is 319 cm³/mol. The molecule has 2 aliphatic carbocycles. The molecule has 20 nitrogen and oxygen atoms in total. The van der Waals surface area contributed by atoms with Crippen LogP contribution in [0, 0.1) is 49.3 Å². The van der Waals surface area contributed by atoms with Crippen molar-refractivity contribution in [1.29, 1.82) is 0 Å². The number of fused-ring (bicyclic) bond motifs is 15. The third-order valence-electron chi connectivity index (χ3n) is 18.9. The van der Waals surface area contributed by atoms with Crippen LogP contribution in [0.25, 0.3) is 21.7 Å². The van der Waals surface area contributed by atoms with Crippen molar-refractivity contribution in [3.63, 3.8) is 0 Å². The van der Waals surface area contributed by atoms with E-state index < -0.39 is 94.6 Å². The molecule has 5 bridgehead atoms. The van der Waals surface area contributed by atoms with Gasteiger partial charge in [-0.3, -0.25) is 24.2 Å². The van der Waals surface area contributed by atoms with Gasteiger partial charge < -0.3 is 69.3 Å². The van der Waals surface area contributed by atoms with Gasteiger partial charge in [-0.15, -0.1) is 0 Å². The number of carbonyl (C=O) groups is 3. The Morgan fingerprint density at radius 1 is 0.906 bits per heavy atom. The summed E-state index contributed by atoms with van der Waals surface area (Å²) in [4.78, 5) is 56.8.